The van der Waals surface area contributed by atoms with Gasteiger partial charge in [-0.15, -0.1) is 17.0 Å². The van der Waals surface area contributed by atoms with Gasteiger partial charge in [0.2, 0.25) is 11.8 Å². The molecule has 0 saturated carbocycles. The SMILES string of the molecule is Br.C.C.Cc1nc(N)sc1-c1ccnc(C(C)(C)C(F)(F)F)c1.Cc1nc(N)sc1-c1ccnc(C(C)(C)C(F)(F)F)c1.Cc1nc(NC(=O)N2CCC[C@H]2C(N)=O)sc1-c1ccnc(C(C)(C)C(F)(F)F)c1.Cc1nc(NC(=O)Oc2ccccc2)sc1-c1ccnc(C(C)(C)C(F)(F)F)c1.NC(=O)[C@@H]1CCCN1.O=C(Cl)Oc1ccccc1. The minimum absolute atomic E-state index is 0. The maximum absolute atomic E-state index is 13.4. The highest BCUT2D eigenvalue weighted by molar-refractivity contribution is 8.93. The standard InChI is InChI=1S/C20H18F3N3O2S.C19H22F3N5O2S.2C13H14F3N3S.C7H5ClO2.C5H10N2O.2CH4.BrH/c1-12-16(13-9-10-24-15(11-13)19(2,3)20(21,22)23)29-17(25-12)26-18(27)28-14-7-5-4-6-8-14;1-10-14(11-6-7-24-13(9-11)18(2,3)19(20,21)22)30-16(25-10)26-17(29)27-8-4-5-12(27)15(23)28;2*1-7-10(20-11(17)19-7)8-4-5-18-9(6-8)12(2,3)13(14,15)16;8-7(9)10-6-4-2-1-3-5-6;6-5(8)4-2-1-3-7-4;;;/h4-11H,1-3H3,(H,25,26,27);6-7,9,12H,4-5,8H2,1-3H3,(H2,23,28)(H,25,26,29);2*4-6H,1-3H3,(H2,17,19);1-5H;4,7H,1-3H2,(H2,6,8);2*1H4;1H/t;12-;;;;4-;;;/m.0...0.../s1. The molecule has 41 heteroatoms. The third-order valence-corrected chi connectivity index (χ3v) is 22.7. The molecule has 120 heavy (non-hydrogen) atoms. The van der Waals surface area contributed by atoms with Crippen LogP contribution in [0.25, 0.3) is 41.8 Å². The zero-order valence-corrected chi connectivity index (χ0v) is 71.0. The van der Waals surface area contributed by atoms with E-state index < -0.39 is 75.9 Å². The van der Waals surface area contributed by atoms with Gasteiger partial charge in [-0.1, -0.05) is 96.6 Å². The van der Waals surface area contributed by atoms with E-state index in [-0.39, 0.29) is 76.8 Å². The number of anilines is 4. The number of nitrogen functional groups attached to an aromatic ring is 2. The van der Waals surface area contributed by atoms with Crippen molar-refractivity contribution in [2.24, 2.45) is 11.5 Å². The highest BCUT2D eigenvalue weighted by Gasteiger charge is 2.53. The van der Waals surface area contributed by atoms with E-state index in [1.807, 2.05) is 6.07 Å². The number of alkyl halides is 12. The Bertz CT molecular complexity index is 4970. The molecule has 8 aromatic heterocycles. The molecule has 12 rings (SSSR count). The van der Waals surface area contributed by atoms with Gasteiger partial charge >= 0.3 is 42.3 Å². The van der Waals surface area contributed by atoms with Crippen LogP contribution in [0.4, 0.5) is 87.6 Å². The summed E-state index contributed by atoms with van der Waals surface area (Å²) >= 11 is 9.74. The summed E-state index contributed by atoms with van der Waals surface area (Å²) in [5, 5.41) is 9.54. The van der Waals surface area contributed by atoms with Crippen molar-refractivity contribution in [3.8, 4) is 53.3 Å². The molecule has 0 aliphatic carbocycles. The quantitative estimate of drug-likeness (QED) is 0.0393. The second kappa shape index (κ2) is 42.5. The number of pyridine rings is 4. The maximum atomic E-state index is 13.4. The second-order valence-corrected chi connectivity index (χ2v) is 32.6. The largest absolute Gasteiger partial charge is 0.418 e. The Kier molecular flexibility index (Phi) is 36.2. The number of nitrogens with two attached hydrogens (primary N) is 4. The molecule has 10 heterocycles. The van der Waals surface area contributed by atoms with Gasteiger partial charge in [-0.05, 0) is 210 Å². The first-order chi connectivity index (χ1) is 54.3. The van der Waals surface area contributed by atoms with Crippen molar-refractivity contribution in [1.29, 1.82) is 0 Å². The first kappa shape index (κ1) is 102. The van der Waals surface area contributed by atoms with Crippen molar-refractivity contribution in [1.82, 2.24) is 50.1 Å². The van der Waals surface area contributed by atoms with Crippen molar-refractivity contribution in [2.45, 2.75) is 182 Å². The number of hydrogen-bond donors (Lipinski definition) is 7. The molecule has 5 amide bonds. The highest BCUT2D eigenvalue weighted by Crippen LogP contribution is 2.46. The van der Waals surface area contributed by atoms with Crippen molar-refractivity contribution < 1.29 is 86.1 Å². The number of aryl methyl sites for hydroxylation is 4. The lowest BCUT2D eigenvalue weighted by molar-refractivity contribution is -0.181. The van der Waals surface area contributed by atoms with Crippen molar-refractivity contribution >= 4 is 124 Å². The van der Waals surface area contributed by atoms with Crippen molar-refractivity contribution in [2.75, 3.05) is 35.2 Å². The number of carbonyl (C=O) groups excluding carboxylic acids is 5. The molecule has 2 aromatic carbocycles. The van der Waals surface area contributed by atoms with E-state index in [9.17, 15) is 76.7 Å². The van der Waals surface area contributed by atoms with Crippen LogP contribution in [-0.2, 0) is 31.2 Å². The summed E-state index contributed by atoms with van der Waals surface area (Å²) in [7, 11) is 0. The van der Waals surface area contributed by atoms with Crippen molar-refractivity contribution in [3.63, 3.8) is 0 Å². The minimum Gasteiger partial charge on any atom is -0.415 e. The van der Waals surface area contributed by atoms with Crippen LogP contribution in [0.2, 0.25) is 0 Å². The Labute approximate surface area is 717 Å². The van der Waals surface area contributed by atoms with E-state index in [2.05, 4.69) is 60.6 Å². The van der Waals surface area contributed by atoms with Crippen LogP contribution in [0, 0.1) is 27.7 Å². The topological polar surface area (TPSA) is 350 Å². The summed E-state index contributed by atoms with van der Waals surface area (Å²) in [6, 6.07) is 28.2. The van der Waals surface area contributed by atoms with Crippen LogP contribution >= 0.6 is 73.9 Å². The normalized spacial score (nSPS) is 14.1. The van der Waals surface area contributed by atoms with Crippen LogP contribution in [0.3, 0.4) is 0 Å². The van der Waals surface area contributed by atoms with Crippen LogP contribution in [0.5, 0.6) is 11.5 Å². The van der Waals surface area contributed by atoms with Gasteiger partial charge in [0, 0.05) is 42.9 Å². The van der Waals surface area contributed by atoms with E-state index in [0.717, 1.165) is 107 Å². The van der Waals surface area contributed by atoms with E-state index in [1.165, 1.54) is 76.6 Å². The number of halogens is 14. The Morgan fingerprint density at radius 1 is 0.467 bits per heavy atom. The van der Waals surface area contributed by atoms with Crippen LogP contribution < -0.4 is 48.4 Å². The Morgan fingerprint density at radius 2 is 0.792 bits per heavy atom. The zero-order chi connectivity index (χ0) is 87.1. The maximum Gasteiger partial charge on any atom is 0.418 e. The second-order valence-electron chi connectivity index (χ2n) is 28.2. The average molecular weight is 1850 g/mol. The molecule has 10 aromatic rings. The summed E-state index contributed by atoms with van der Waals surface area (Å²) in [5.41, 5.74) is 17.2. The number of nitrogens with one attached hydrogen (secondary N) is 3. The number of hydrogen-bond acceptors (Lipinski definition) is 22. The Balaban J connectivity index is 0.000000315. The van der Waals surface area contributed by atoms with Gasteiger partial charge in [-0.25, -0.2) is 34.3 Å². The van der Waals surface area contributed by atoms with E-state index in [0.29, 0.717) is 95.9 Å². The van der Waals surface area contributed by atoms with Gasteiger partial charge in [0.25, 0.3) is 0 Å². The monoisotopic (exact) mass is 1850 g/mol. The molecule has 2 aliphatic heterocycles. The summed E-state index contributed by atoms with van der Waals surface area (Å²) in [4.78, 5) is 93.0. The van der Waals surface area contributed by atoms with Gasteiger partial charge in [-0.3, -0.25) is 40.2 Å². The molecule has 2 saturated heterocycles. The molecule has 0 unspecified atom stereocenters. The molecule has 0 bridgehead atoms. The summed E-state index contributed by atoms with van der Waals surface area (Å²) in [5.74, 6) is 0.0620. The van der Waals surface area contributed by atoms with Gasteiger partial charge in [-0.2, -0.15) is 52.7 Å². The zero-order valence-electron chi connectivity index (χ0n) is 65.2. The number of primary amides is 2. The number of nitrogens with zero attached hydrogens (tertiary/aromatic N) is 9. The molecule has 0 spiro atoms. The molecule has 11 N–H and O–H groups in total. The number of amides is 5. The number of aromatic nitrogens is 8. The van der Waals surface area contributed by atoms with Gasteiger partial charge in [0.05, 0.1) is 71.1 Å². The third-order valence-electron chi connectivity index (χ3n) is 18.3. The predicted octanol–water partition coefficient (Wildman–Crippen LogP) is 21.2. The van der Waals surface area contributed by atoms with E-state index >= 15 is 0 Å². The molecule has 2 atom stereocenters. The highest BCUT2D eigenvalue weighted by atomic mass is 79.9. The number of thiazole rings is 4. The number of likely N-dealkylation sites (tertiary alicyclic amines) is 1. The van der Waals surface area contributed by atoms with Crippen LogP contribution in [-0.4, -0.2) is 124 Å². The summed E-state index contributed by atoms with van der Waals surface area (Å²) in [6.07, 6.45) is -9.69. The average Bonchev–Trinajstić information content (AvgIpc) is 1.34. The fourth-order valence-corrected chi connectivity index (χ4v) is 14.4. The van der Waals surface area contributed by atoms with Gasteiger partial charge < -0.3 is 42.6 Å². The van der Waals surface area contributed by atoms with Crippen LogP contribution in [0.1, 0.15) is 141 Å². The van der Waals surface area contributed by atoms with Crippen molar-refractivity contribution in [3.05, 3.63) is 180 Å². The fourth-order valence-electron chi connectivity index (χ4n) is 10.7. The lowest BCUT2D eigenvalue weighted by atomic mass is 9.87. The van der Waals surface area contributed by atoms with E-state index in [1.54, 1.807) is 107 Å². The lowest BCUT2D eigenvalue weighted by Gasteiger charge is -2.27. The number of benzene rings is 2. The molecular weight excluding hydrogens is 1760 g/mol. The molecular formula is C79H92BrClF12N16O7S4. The molecule has 23 nitrogen and oxygen atoms in total. The number of urea groups is 1. The fraction of sp³-hybridized carbons (Fsp3) is 0.380. The first-order valence-corrected chi connectivity index (χ1v) is 38.9. The molecule has 0 radical (unpaired) electrons. The van der Waals surface area contributed by atoms with Crippen LogP contribution in [0.15, 0.2) is 134 Å². The summed E-state index contributed by atoms with van der Waals surface area (Å²) < 4.78 is 168. The molecule has 2 aliphatic rings. The summed E-state index contributed by atoms with van der Waals surface area (Å²) in [6.45, 7) is 17.1. The Morgan fingerprint density at radius 3 is 1.07 bits per heavy atom. The number of ether oxygens (including phenoxy) is 2. The molecule has 652 valence electrons. The lowest BCUT2D eigenvalue weighted by Crippen LogP contribution is -2.45. The van der Waals surface area contributed by atoms with Gasteiger partial charge in [0.1, 0.15) is 39.2 Å². The minimum atomic E-state index is -4.45. The van der Waals surface area contributed by atoms with Gasteiger partial charge in [0.15, 0.2) is 20.5 Å². The third kappa shape index (κ3) is 26.7. The number of rotatable bonds is 14. The predicted molar refractivity (Wildman–Crippen MR) is 452 cm³/mol. The number of carbonyl (C=O) groups is 5. The van der Waals surface area contributed by atoms with E-state index in [4.69, 9.17) is 39.3 Å². The smallest absolute Gasteiger partial charge is 0.415 e. The first-order valence-electron chi connectivity index (χ1n) is 35.3. The molecule has 2 fully saturated rings. The Hall–Kier alpha value is -10.0. The number of para-hydroxylation sites is 2.